The summed E-state index contributed by atoms with van der Waals surface area (Å²) in [7, 11) is 0. The molecule has 1 aromatic carbocycles. The zero-order valence-electron chi connectivity index (χ0n) is 18.7. The van der Waals surface area contributed by atoms with Crippen molar-refractivity contribution in [1.29, 1.82) is 0 Å². The van der Waals surface area contributed by atoms with Crippen LogP contribution in [0.3, 0.4) is 0 Å². The van der Waals surface area contributed by atoms with Gasteiger partial charge in [0, 0.05) is 30.6 Å². The van der Waals surface area contributed by atoms with Crippen LogP contribution in [-0.4, -0.2) is 57.7 Å². The smallest absolute Gasteiger partial charge is 0.272 e. The molecular formula is C23H22ClF3N4O3. The molecule has 2 fully saturated rings. The molecule has 0 N–H and O–H groups in total. The van der Waals surface area contributed by atoms with Gasteiger partial charge in [-0.15, -0.1) is 0 Å². The molecule has 1 spiro atoms. The number of benzene rings is 1. The summed E-state index contributed by atoms with van der Waals surface area (Å²) in [6.07, 6.45) is 0.786. The van der Waals surface area contributed by atoms with E-state index < -0.39 is 53.1 Å². The van der Waals surface area contributed by atoms with Gasteiger partial charge >= 0.3 is 0 Å². The molecule has 1 aromatic heterocycles. The van der Waals surface area contributed by atoms with Gasteiger partial charge in [-0.2, -0.15) is 0 Å². The van der Waals surface area contributed by atoms with Crippen molar-refractivity contribution in [2.24, 2.45) is 0 Å². The number of rotatable bonds is 4. The summed E-state index contributed by atoms with van der Waals surface area (Å²) in [5, 5.41) is 0.506. The highest BCUT2D eigenvalue weighted by molar-refractivity contribution is 6.30. The number of carbonyl (C=O) groups excluding carboxylic acids is 3. The lowest BCUT2D eigenvalue weighted by Gasteiger charge is -2.59. The largest absolute Gasteiger partial charge is 0.337 e. The second kappa shape index (κ2) is 8.26. The van der Waals surface area contributed by atoms with E-state index in [-0.39, 0.29) is 19.0 Å². The van der Waals surface area contributed by atoms with E-state index in [2.05, 4.69) is 4.98 Å². The van der Waals surface area contributed by atoms with Crippen molar-refractivity contribution in [3.05, 3.63) is 58.5 Å². The van der Waals surface area contributed by atoms with Crippen LogP contribution in [0.4, 0.5) is 19.0 Å². The lowest BCUT2D eigenvalue weighted by atomic mass is 9.81. The van der Waals surface area contributed by atoms with Crippen molar-refractivity contribution in [2.75, 3.05) is 24.5 Å². The normalized spacial score (nSPS) is 18.9. The number of carbonyl (C=O) groups is 3. The highest BCUT2D eigenvalue weighted by Gasteiger charge is 2.62. The minimum absolute atomic E-state index is 0.0753. The quantitative estimate of drug-likeness (QED) is 0.652. The first kappa shape index (κ1) is 24.0. The molecule has 1 atom stereocenters. The topological polar surface area (TPSA) is 73.8 Å². The fourth-order valence-electron chi connectivity index (χ4n) is 4.49. The molecule has 0 aliphatic carbocycles. The van der Waals surface area contributed by atoms with E-state index in [1.54, 1.807) is 31.2 Å². The Morgan fingerprint density at radius 2 is 1.82 bits per heavy atom. The molecule has 3 heterocycles. The van der Waals surface area contributed by atoms with Crippen molar-refractivity contribution in [3.8, 4) is 0 Å². The Morgan fingerprint density at radius 3 is 2.35 bits per heavy atom. The molecule has 0 unspecified atom stereocenters. The monoisotopic (exact) mass is 494 g/mol. The van der Waals surface area contributed by atoms with Crippen LogP contribution >= 0.6 is 11.6 Å². The first-order chi connectivity index (χ1) is 15.8. The standard InChI is InChI=1S/C23H22ClF3N4O3/c1-13(15-4-6-17(24)7-5-15)31-19(33)10-30(21(34)23(31)11-29(12-23)14(2)32)20-18(25)8-16(9-28-20)22(3,26)27/h4-9,13H,10-12H2,1-3H3/t13-/m0/s1. The Bertz CT molecular complexity index is 1160. The Balaban J connectivity index is 1.73. The first-order valence-electron chi connectivity index (χ1n) is 10.5. The number of alkyl halides is 2. The van der Waals surface area contributed by atoms with E-state index in [1.807, 2.05) is 0 Å². The van der Waals surface area contributed by atoms with E-state index in [0.29, 0.717) is 18.0 Å². The summed E-state index contributed by atoms with van der Waals surface area (Å²) in [5.74, 6) is -6.37. The van der Waals surface area contributed by atoms with E-state index in [1.165, 1.54) is 16.7 Å². The average Bonchev–Trinajstić information content (AvgIpc) is 2.72. The van der Waals surface area contributed by atoms with E-state index >= 15 is 0 Å². The molecule has 0 radical (unpaired) electrons. The molecule has 7 nitrogen and oxygen atoms in total. The molecule has 2 aromatic rings. The zero-order chi connectivity index (χ0) is 25.0. The SMILES string of the molecule is CC(=O)N1CC2(C1)C(=O)N(c1ncc(C(C)(F)F)cc1F)CC(=O)N2[C@@H](C)c1ccc(Cl)cc1. The first-order valence-corrected chi connectivity index (χ1v) is 10.9. The van der Waals surface area contributed by atoms with E-state index in [0.717, 1.165) is 16.7 Å². The molecule has 34 heavy (non-hydrogen) atoms. The number of pyridine rings is 1. The number of hydrogen-bond donors (Lipinski definition) is 0. The van der Waals surface area contributed by atoms with Gasteiger partial charge in [0.1, 0.15) is 6.54 Å². The maximum atomic E-state index is 14.8. The van der Waals surface area contributed by atoms with Gasteiger partial charge in [-0.05, 0) is 30.7 Å². The molecule has 180 valence electrons. The zero-order valence-corrected chi connectivity index (χ0v) is 19.4. The molecule has 11 heteroatoms. The van der Waals surface area contributed by atoms with Gasteiger partial charge in [-0.25, -0.2) is 18.2 Å². The van der Waals surface area contributed by atoms with Gasteiger partial charge in [-0.3, -0.25) is 19.3 Å². The fraction of sp³-hybridized carbons (Fsp3) is 0.391. The van der Waals surface area contributed by atoms with Gasteiger partial charge in [0.2, 0.25) is 11.8 Å². The third kappa shape index (κ3) is 3.89. The molecule has 3 amide bonds. The van der Waals surface area contributed by atoms with Gasteiger partial charge < -0.3 is 9.80 Å². The number of anilines is 1. The maximum Gasteiger partial charge on any atom is 0.272 e. The van der Waals surface area contributed by atoms with Crippen LogP contribution < -0.4 is 4.90 Å². The molecule has 0 saturated carbocycles. The predicted octanol–water partition coefficient (Wildman–Crippen LogP) is 3.52. The van der Waals surface area contributed by atoms with E-state index in [9.17, 15) is 27.6 Å². The van der Waals surface area contributed by atoms with Gasteiger partial charge in [-0.1, -0.05) is 23.7 Å². The summed E-state index contributed by atoms with van der Waals surface area (Å²) >= 11 is 5.97. The summed E-state index contributed by atoms with van der Waals surface area (Å²) < 4.78 is 42.0. The van der Waals surface area contributed by atoms with Crippen molar-refractivity contribution in [2.45, 2.75) is 38.3 Å². The molecule has 2 saturated heterocycles. The highest BCUT2D eigenvalue weighted by atomic mass is 35.5. The van der Waals surface area contributed by atoms with Crippen LogP contribution in [-0.2, 0) is 20.3 Å². The number of likely N-dealkylation sites (tertiary alicyclic amines) is 1. The van der Waals surface area contributed by atoms with Gasteiger partial charge in [0.25, 0.3) is 11.8 Å². The third-order valence-corrected chi connectivity index (χ3v) is 6.59. The van der Waals surface area contributed by atoms with E-state index in [4.69, 9.17) is 11.6 Å². The molecule has 2 aliphatic heterocycles. The Labute approximate surface area is 199 Å². The van der Waals surface area contributed by atoms with Crippen LogP contribution in [0.15, 0.2) is 36.5 Å². The number of halogens is 4. The minimum Gasteiger partial charge on any atom is -0.337 e. The number of amides is 3. The van der Waals surface area contributed by atoms with Crippen molar-refractivity contribution in [1.82, 2.24) is 14.8 Å². The van der Waals surface area contributed by atoms with Crippen LogP contribution in [0.5, 0.6) is 0 Å². The third-order valence-electron chi connectivity index (χ3n) is 6.34. The molecular weight excluding hydrogens is 473 g/mol. The number of hydrogen-bond acceptors (Lipinski definition) is 4. The lowest BCUT2D eigenvalue weighted by Crippen LogP contribution is -2.81. The maximum absolute atomic E-state index is 14.8. The molecule has 0 bridgehead atoms. The summed E-state index contributed by atoms with van der Waals surface area (Å²) in [6.45, 7) is 3.03. The molecule has 2 aliphatic rings. The number of aromatic nitrogens is 1. The Morgan fingerprint density at radius 1 is 1.21 bits per heavy atom. The fourth-order valence-corrected chi connectivity index (χ4v) is 4.62. The second-order valence-electron chi connectivity index (χ2n) is 8.71. The van der Waals surface area contributed by atoms with Crippen LogP contribution in [0, 0.1) is 5.82 Å². The Hall–Kier alpha value is -3.14. The van der Waals surface area contributed by atoms with Crippen LogP contribution in [0.2, 0.25) is 5.02 Å². The number of nitrogens with zero attached hydrogens (tertiary/aromatic N) is 4. The van der Waals surface area contributed by atoms with Crippen molar-refractivity contribution in [3.63, 3.8) is 0 Å². The highest BCUT2D eigenvalue weighted by Crippen LogP contribution is 2.41. The van der Waals surface area contributed by atoms with Crippen LogP contribution in [0.1, 0.15) is 37.9 Å². The molecule has 4 rings (SSSR count). The van der Waals surface area contributed by atoms with Gasteiger partial charge in [0.15, 0.2) is 17.2 Å². The second-order valence-corrected chi connectivity index (χ2v) is 9.14. The summed E-state index contributed by atoms with van der Waals surface area (Å²) in [4.78, 5) is 46.4. The summed E-state index contributed by atoms with van der Waals surface area (Å²) in [5.41, 5.74) is -1.37. The number of piperazine rings is 1. The van der Waals surface area contributed by atoms with Crippen molar-refractivity contribution < 1.29 is 27.6 Å². The van der Waals surface area contributed by atoms with Crippen LogP contribution in [0.25, 0.3) is 0 Å². The van der Waals surface area contributed by atoms with Gasteiger partial charge in [0.05, 0.1) is 19.1 Å². The lowest BCUT2D eigenvalue weighted by molar-refractivity contribution is -0.172. The average molecular weight is 495 g/mol. The minimum atomic E-state index is -3.32. The van der Waals surface area contributed by atoms with Crippen molar-refractivity contribution >= 4 is 35.1 Å². The predicted molar refractivity (Wildman–Crippen MR) is 118 cm³/mol. The summed E-state index contributed by atoms with van der Waals surface area (Å²) in [6, 6.07) is 6.85. The Kier molecular flexibility index (Phi) is 5.83.